The molecule has 1 saturated carbocycles. The van der Waals surface area contributed by atoms with Crippen LogP contribution in [0.4, 0.5) is 0 Å². The van der Waals surface area contributed by atoms with Crippen LogP contribution in [0.5, 0.6) is 0 Å². The van der Waals surface area contributed by atoms with Gasteiger partial charge in [0.1, 0.15) is 23.4 Å². The molecule has 4 N–H and O–H groups in total. The van der Waals surface area contributed by atoms with Gasteiger partial charge in [-0.2, -0.15) is 0 Å². The van der Waals surface area contributed by atoms with Crippen molar-refractivity contribution in [3.05, 3.63) is 105 Å². The summed E-state index contributed by atoms with van der Waals surface area (Å²) in [5, 5.41) is 5.87. The number of amides is 2. The van der Waals surface area contributed by atoms with Crippen LogP contribution in [0.3, 0.4) is 0 Å². The maximum atomic E-state index is 13.0. The Labute approximate surface area is 244 Å². The molecule has 0 spiro atoms. The lowest BCUT2D eigenvalue weighted by Crippen LogP contribution is -2.43. The van der Waals surface area contributed by atoms with Crippen LogP contribution in [0, 0.1) is 0 Å². The monoisotopic (exact) mass is 566 g/mol. The van der Waals surface area contributed by atoms with Gasteiger partial charge >= 0.3 is 0 Å². The fourth-order valence-corrected chi connectivity index (χ4v) is 5.83. The molecule has 3 aliphatic rings. The molecular formula is C32H34N6O4. The van der Waals surface area contributed by atoms with Gasteiger partial charge in [0.25, 0.3) is 11.8 Å². The van der Waals surface area contributed by atoms with E-state index in [2.05, 4.69) is 33.6 Å². The number of Topliss-reactive ketones (excluding diaryl/α,β-unsaturated/α-hetero) is 2. The van der Waals surface area contributed by atoms with Crippen molar-refractivity contribution in [3.63, 3.8) is 0 Å². The summed E-state index contributed by atoms with van der Waals surface area (Å²) in [4.78, 5) is 60.8. The van der Waals surface area contributed by atoms with E-state index >= 15 is 0 Å². The Hall–Kier alpha value is -4.86. The number of rotatable bonds is 7. The Morgan fingerprint density at radius 1 is 1.07 bits per heavy atom. The number of nitrogens with zero attached hydrogens (tertiary/aromatic N) is 3. The van der Waals surface area contributed by atoms with E-state index in [1.807, 2.05) is 24.0 Å². The number of benzene rings is 1. The van der Waals surface area contributed by atoms with E-state index in [4.69, 9.17) is 5.73 Å². The number of nitrogens with one attached hydrogen (secondary N) is 2. The largest absolute Gasteiger partial charge is 0.394 e. The number of carbonyl (C=O) groups is 4. The second kappa shape index (κ2) is 11.9. The van der Waals surface area contributed by atoms with E-state index in [0.29, 0.717) is 23.4 Å². The molecule has 216 valence electrons. The third-order valence-electron chi connectivity index (χ3n) is 7.87. The number of hydrogen-bond donors (Lipinski definition) is 3. The minimum absolute atomic E-state index is 0.0644. The number of allylic oxidation sites excluding steroid dienone is 5. The number of fused-ring (bicyclic) bond motifs is 1. The molecule has 10 heteroatoms. The highest BCUT2D eigenvalue weighted by Gasteiger charge is 2.37. The first-order valence-corrected chi connectivity index (χ1v) is 14.1. The lowest BCUT2D eigenvalue weighted by atomic mass is 9.88. The van der Waals surface area contributed by atoms with Gasteiger partial charge in [-0.05, 0) is 55.4 Å². The van der Waals surface area contributed by atoms with Crippen molar-refractivity contribution >= 4 is 23.4 Å². The topological polar surface area (TPSA) is 147 Å². The molecule has 0 radical (unpaired) electrons. The molecule has 2 heterocycles. The number of aromatic nitrogens is 2. The predicted octanol–water partition coefficient (Wildman–Crippen LogP) is 3.28. The lowest BCUT2D eigenvalue weighted by Gasteiger charge is -2.37. The van der Waals surface area contributed by atoms with E-state index in [0.717, 1.165) is 36.0 Å². The zero-order valence-electron chi connectivity index (χ0n) is 24.0. The third kappa shape index (κ3) is 5.39. The van der Waals surface area contributed by atoms with Crippen LogP contribution in [-0.2, 0) is 17.9 Å². The first-order chi connectivity index (χ1) is 20.2. The molecule has 1 atom stereocenters. The van der Waals surface area contributed by atoms with Crippen LogP contribution in [0.1, 0.15) is 82.5 Å². The third-order valence-corrected chi connectivity index (χ3v) is 7.87. The fourth-order valence-electron chi connectivity index (χ4n) is 5.83. The zero-order chi connectivity index (χ0) is 30.0. The molecular weight excluding hydrogens is 532 g/mol. The maximum Gasteiger partial charge on any atom is 0.270 e. The number of carbonyl (C=O) groups excluding carboxylic acids is 4. The normalized spacial score (nSPS) is 21.2. The summed E-state index contributed by atoms with van der Waals surface area (Å²) in [5.41, 5.74) is 12.0. The van der Waals surface area contributed by atoms with Crippen LogP contribution in [0.25, 0.3) is 0 Å². The number of nitrogens with two attached hydrogens (primary N) is 1. The Morgan fingerprint density at radius 2 is 1.83 bits per heavy atom. The molecule has 5 rings (SSSR count). The fraction of sp³-hybridized carbons (Fsp3) is 0.312. The van der Waals surface area contributed by atoms with Crippen molar-refractivity contribution in [2.24, 2.45) is 5.73 Å². The van der Waals surface area contributed by atoms with Crippen LogP contribution in [-0.4, -0.2) is 50.8 Å². The van der Waals surface area contributed by atoms with Gasteiger partial charge < -0.3 is 21.3 Å². The molecule has 1 aliphatic heterocycles. The average molecular weight is 567 g/mol. The summed E-state index contributed by atoms with van der Waals surface area (Å²) in [6, 6.07) is 6.71. The second-order valence-corrected chi connectivity index (χ2v) is 10.5. The maximum absolute atomic E-state index is 13.0. The molecule has 10 nitrogen and oxygen atoms in total. The van der Waals surface area contributed by atoms with Gasteiger partial charge in [0, 0.05) is 30.3 Å². The number of ketones is 2. The molecule has 1 aromatic carbocycles. The van der Waals surface area contributed by atoms with E-state index in [1.165, 1.54) is 18.0 Å². The quantitative estimate of drug-likeness (QED) is 0.433. The SMILES string of the molecule is C/C=C1/C(=O)C(N)=C1N1CC(=O)c2ccc(CNC(=O)c3cc(C(=O)NC4CCC(=C/CC)/C4=C\C)ncn3)cc2C1. The second-order valence-electron chi connectivity index (χ2n) is 10.5. The van der Waals surface area contributed by atoms with Crippen molar-refractivity contribution < 1.29 is 19.2 Å². The smallest absolute Gasteiger partial charge is 0.270 e. The van der Waals surface area contributed by atoms with Gasteiger partial charge in [0.2, 0.25) is 5.78 Å². The molecule has 1 fully saturated rings. The lowest BCUT2D eigenvalue weighted by molar-refractivity contribution is -0.113. The number of hydrogen-bond acceptors (Lipinski definition) is 8. The highest BCUT2D eigenvalue weighted by molar-refractivity contribution is 6.19. The Kier molecular flexibility index (Phi) is 8.15. The van der Waals surface area contributed by atoms with Gasteiger partial charge in [0.15, 0.2) is 5.78 Å². The minimum atomic E-state index is -0.450. The highest BCUT2D eigenvalue weighted by Crippen LogP contribution is 2.34. The molecule has 2 aromatic rings. The summed E-state index contributed by atoms with van der Waals surface area (Å²) < 4.78 is 0. The minimum Gasteiger partial charge on any atom is -0.394 e. The molecule has 1 aromatic heterocycles. The van der Waals surface area contributed by atoms with Crippen LogP contribution in [0.15, 0.2) is 76.9 Å². The van der Waals surface area contributed by atoms with Crippen LogP contribution >= 0.6 is 0 Å². The summed E-state index contributed by atoms with van der Waals surface area (Å²) >= 11 is 0. The van der Waals surface area contributed by atoms with Crippen molar-refractivity contribution in [3.8, 4) is 0 Å². The Bertz CT molecular complexity index is 1620. The van der Waals surface area contributed by atoms with Crippen LogP contribution in [0.2, 0.25) is 0 Å². The van der Waals surface area contributed by atoms with E-state index in [9.17, 15) is 19.2 Å². The van der Waals surface area contributed by atoms with Gasteiger partial charge in [-0.25, -0.2) is 9.97 Å². The van der Waals surface area contributed by atoms with Crippen molar-refractivity contribution in [2.75, 3.05) is 6.54 Å². The van der Waals surface area contributed by atoms with E-state index in [-0.39, 0.29) is 53.7 Å². The predicted molar refractivity (Wildman–Crippen MR) is 157 cm³/mol. The Balaban J connectivity index is 1.24. The highest BCUT2D eigenvalue weighted by atomic mass is 16.2. The standard InChI is InChI=1S/C32H34N6O4/c1-4-7-19-9-11-24(21(19)5-2)37-32(42)26-13-25(35-17-36-26)31(41)34-14-18-8-10-23-20(12-18)15-38(16-27(23)39)29-22(6-3)30(40)28(29)33/h5-8,10,12-13,17,24H,4,9,11,14-16,33H2,1-3H3,(H,34,41)(H,37,42)/b19-7-,21-5+,22-6+. The molecule has 2 aliphatic carbocycles. The van der Waals surface area contributed by atoms with E-state index in [1.54, 1.807) is 25.1 Å². The molecule has 0 saturated heterocycles. The van der Waals surface area contributed by atoms with Gasteiger partial charge in [-0.1, -0.05) is 43.4 Å². The van der Waals surface area contributed by atoms with Crippen molar-refractivity contribution in [1.29, 1.82) is 0 Å². The molecule has 2 amide bonds. The average Bonchev–Trinajstić information content (AvgIpc) is 3.38. The van der Waals surface area contributed by atoms with Gasteiger partial charge in [-0.15, -0.1) is 0 Å². The summed E-state index contributed by atoms with van der Waals surface area (Å²) in [6.07, 6.45) is 9.80. The molecule has 1 unspecified atom stereocenters. The van der Waals surface area contributed by atoms with Crippen LogP contribution < -0.4 is 16.4 Å². The van der Waals surface area contributed by atoms with Crippen molar-refractivity contribution in [1.82, 2.24) is 25.5 Å². The first kappa shape index (κ1) is 28.7. The van der Waals surface area contributed by atoms with Crippen molar-refractivity contribution in [2.45, 2.75) is 59.2 Å². The summed E-state index contributed by atoms with van der Waals surface area (Å²) in [7, 11) is 0. The summed E-state index contributed by atoms with van der Waals surface area (Å²) in [6.45, 7) is 6.57. The Morgan fingerprint density at radius 3 is 2.55 bits per heavy atom. The first-order valence-electron chi connectivity index (χ1n) is 14.1. The summed E-state index contributed by atoms with van der Waals surface area (Å²) in [5.74, 6) is -1.08. The van der Waals surface area contributed by atoms with E-state index < -0.39 is 5.91 Å². The van der Waals surface area contributed by atoms with Gasteiger partial charge in [-0.3, -0.25) is 19.2 Å². The molecule has 0 bridgehead atoms. The molecule has 42 heavy (non-hydrogen) atoms. The van der Waals surface area contributed by atoms with Gasteiger partial charge in [0.05, 0.1) is 18.3 Å². The zero-order valence-corrected chi connectivity index (χ0v) is 24.0.